The number of ether oxygens (including phenoxy) is 1. The summed E-state index contributed by atoms with van der Waals surface area (Å²) in [4.78, 5) is 10.7. The number of unbranched alkanes of at least 4 members (excludes halogenated alkanes) is 1. The van der Waals surface area contributed by atoms with Crippen molar-refractivity contribution in [2.75, 3.05) is 13.2 Å². The molecule has 0 aliphatic carbocycles. The second kappa shape index (κ2) is 8.71. The Labute approximate surface area is 103 Å². The van der Waals surface area contributed by atoms with E-state index >= 15 is 0 Å². The fourth-order valence-electron chi connectivity index (χ4n) is 1.48. The van der Waals surface area contributed by atoms with Gasteiger partial charge in [0.2, 0.25) is 0 Å². The predicted molar refractivity (Wildman–Crippen MR) is 70.8 cm³/mol. The molecule has 17 heavy (non-hydrogen) atoms. The van der Waals surface area contributed by atoms with Gasteiger partial charge in [-0.2, -0.15) is 0 Å². The molecule has 0 N–H and O–H groups in total. The van der Waals surface area contributed by atoms with Crippen LogP contribution in [-0.2, 0) is 9.53 Å². The monoisotopic (exact) mass is 232 g/mol. The van der Waals surface area contributed by atoms with Crippen LogP contribution in [0.4, 0.5) is 0 Å². The first-order chi connectivity index (χ1) is 8.29. The molecule has 0 aliphatic heterocycles. The Morgan fingerprint density at radius 3 is 2.71 bits per heavy atom. The molecule has 0 amide bonds. The molecular formula is C15H20O2. The zero-order valence-corrected chi connectivity index (χ0v) is 10.4. The van der Waals surface area contributed by atoms with Crippen molar-refractivity contribution < 1.29 is 9.53 Å². The Balaban J connectivity index is 2.01. The molecule has 2 nitrogen and oxygen atoms in total. The number of Topliss-reactive ketones (excluding diaryl/α,β-unsaturated/α-hetero) is 1. The van der Waals surface area contributed by atoms with Crippen LogP contribution < -0.4 is 0 Å². The molecule has 0 radical (unpaired) electrons. The normalized spacial score (nSPS) is 10.9. The maximum Gasteiger partial charge on any atom is 0.129 e. The molecule has 1 rings (SSSR count). The quantitative estimate of drug-likeness (QED) is 0.641. The van der Waals surface area contributed by atoms with E-state index in [1.807, 2.05) is 24.3 Å². The van der Waals surface area contributed by atoms with E-state index in [1.165, 1.54) is 5.56 Å². The van der Waals surface area contributed by atoms with Gasteiger partial charge < -0.3 is 9.53 Å². The molecule has 0 atom stereocenters. The highest BCUT2D eigenvalue weighted by Gasteiger charge is 1.93. The van der Waals surface area contributed by atoms with Gasteiger partial charge in [0.15, 0.2) is 0 Å². The molecular weight excluding hydrogens is 212 g/mol. The summed E-state index contributed by atoms with van der Waals surface area (Å²) in [5, 5.41) is 0. The van der Waals surface area contributed by atoms with Crippen molar-refractivity contribution in [3.8, 4) is 0 Å². The summed E-state index contributed by atoms with van der Waals surface area (Å²) in [6.07, 6.45) is 6.62. The minimum atomic E-state index is 0.258. The van der Waals surface area contributed by atoms with Gasteiger partial charge in [-0.25, -0.2) is 0 Å². The summed E-state index contributed by atoms with van der Waals surface area (Å²) in [6, 6.07) is 10.2. The van der Waals surface area contributed by atoms with E-state index in [0.29, 0.717) is 13.0 Å². The molecule has 0 saturated heterocycles. The summed E-state index contributed by atoms with van der Waals surface area (Å²) < 4.78 is 5.44. The van der Waals surface area contributed by atoms with Crippen molar-refractivity contribution in [3.63, 3.8) is 0 Å². The summed E-state index contributed by atoms with van der Waals surface area (Å²) in [5.41, 5.74) is 1.19. The molecule has 0 fully saturated rings. The van der Waals surface area contributed by atoms with Gasteiger partial charge in [0.05, 0.1) is 6.61 Å². The first kappa shape index (κ1) is 13.7. The minimum Gasteiger partial charge on any atom is -0.377 e. The third-order valence-electron chi connectivity index (χ3n) is 2.39. The Morgan fingerprint density at radius 1 is 1.24 bits per heavy atom. The number of hydrogen-bond donors (Lipinski definition) is 0. The lowest BCUT2D eigenvalue weighted by Crippen LogP contribution is -1.96. The van der Waals surface area contributed by atoms with Crippen molar-refractivity contribution in [2.24, 2.45) is 0 Å². The Kier molecular flexibility index (Phi) is 6.99. The number of hydrogen-bond acceptors (Lipinski definition) is 2. The highest BCUT2D eigenvalue weighted by Crippen LogP contribution is 2.01. The molecule has 0 saturated carbocycles. The van der Waals surface area contributed by atoms with Crippen LogP contribution in [0.15, 0.2) is 36.4 Å². The van der Waals surface area contributed by atoms with Crippen molar-refractivity contribution in [3.05, 3.63) is 42.0 Å². The molecule has 1 aromatic carbocycles. The maximum absolute atomic E-state index is 10.7. The number of carbonyl (C=O) groups excluding carboxylic acids is 1. The average Bonchev–Trinajstić information content (AvgIpc) is 2.33. The predicted octanol–water partition coefficient (Wildman–Crippen LogP) is 3.48. The molecule has 0 heterocycles. The van der Waals surface area contributed by atoms with Gasteiger partial charge in [0, 0.05) is 13.0 Å². The lowest BCUT2D eigenvalue weighted by Gasteiger charge is -2.00. The van der Waals surface area contributed by atoms with Crippen LogP contribution in [0.3, 0.4) is 0 Å². The van der Waals surface area contributed by atoms with Gasteiger partial charge in [0.1, 0.15) is 5.78 Å². The van der Waals surface area contributed by atoms with Crippen molar-refractivity contribution >= 4 is 11.9 Å². The van der Waals surface area contributed by atoms with E-state index < -0.39 is 0 Å². The standard InChI is InChI=1S/C15H20O2/c1-14(16)8-5-6-12-17-13-7-11-15-9-3-2-4-10-15/h2-4,7,9-11H,5-6,8,12-13H2,1H3. The molecule has 0 aromatic heterocycles. The number of ketones is 1. The molecule has 0 spiro atoms. The second-order valence-corrected chi connectivity index (χ2v) is 4.05. The van der Waals surface area contributed by atoms with Gasteiger partial charge in [-0.3, -0.25) is 0 Å². The van der Waals surface area contributed by atoms with Crippen LogP contribution in [0.2, 0.25) is 0 Å². The number of carbonyl (C=O) groups is 1. The first-order valence-electron chi connectivity index (χ1n) is 6.08. The van der Waals surface area contributed by atoms with Crippen LogP contribution in [0, 0.1) is 0 Å². The van der Waals surface area contributed by atoms with E-state index in [4.69, 9.17) is 4.74 Å². The Morgan fingerprint density at radius 2 is 2.00 bits per heavy atom. The van der Waals surface area contributed by atoms with Crippen molar-refractivity contribution in [1.82, 2.24) is 0 Å². The minimum absolute atomic E-state index is 0.258. The fourth-order valence-corrected chi connectivity index (χ4v) is 1.48. The zero-order chi connectivity index (χ0) is 12.3. The fraction of sp³-hybridized carbons (Fsp3) is 0.400. The maximum atomic E-state index is 10.7. The van der Waals surface area contributed by atoms with Crippen molar-refractivity contribution in [1.29, 1.82) is 0 Å². The summed E-state index contributed by atoms with van der Waals surface area (Å²) in [6.45, 7) is 2.99. The third kappa shape index (κ3) is 7.47. The number of rotatable bonds is 8. The van der Waals surface area contributed by atoms with Gasteiger partial charge in [0.25, 0.3) is 0 Å². The van der Waals surface area contributed by atoms with E-state index in [1.54, 1.807) is 6.92 Å². The first-order valence-corrected chi connectivity index (χ1v) is 6.08. The summed E-state index contributed by atoms with van der Waals surface area (Å²) in [5.74, 6) is 0.258. The molecule has 2 heteroatoms. The van der Waals surface area contributed by atoms with Gasteiger partial charge in [-0.15, -0.1) is 0 Å². The Hall–Kier alpha value is -1.41. The molecule has 92 valence electrons. The van der Waals surface area contributed by atoms with Gasteiger partial charge in [-0.05, 0) is 25.3 Å². The Bertz CT molecular complexity index is 341. The van der Waals surface area contributed by atoms with Crippen LogP contribution in [-0.4, -0.2) is 19.0 Å². The smallest absolute Gasteiger partial charge is 0.129 e. The average molecular weight is 232 g/mol. The third-order valence-corrected chi connectivity index (χ3v) is 2.39. The molecule has 0 bridgehead atoms. The van der Waals surface area contributed by atoms with Gasteiger partial charge >= 0.3 is 0 Å². The highest BCUT2D eigenvalue weighted by molar-refractivity contribution is 5.75. The largest absolute Gasteiger partial charge is 0.377 e. The van der Waals surface area contributed by atoms with Crippen LogP contribution in [0.1, 0.15) is 31.7 Å². The van der Waals surface area contributed by atoms with Crippen LogP contribution >= 0.6 is 0 Å². The lowest BCUT2D eigenvalue weighted by atomic mass is 10.2. The summed E-state index contributed by atoms with van der Waals surface area (Å²) >= 11 is 0. The van der Waals surface area contributed by atoms with Crippen LogP contribution in [0.25, 0.3) is 6.08 Å². The van der Waals surface area contributed by atoms with Crippen molar-refractivity contribution in [2.45, 2.75) is 26.2 Å². The molecule has 0 unspecified atom stereocenters. The van der Waals surface area contributed by atoms with Gasteiger partial charge in [-0.1, -0.05) is 42.5 Å². The molecule has 0 aliphatic rings. The van der Waals surface area contributed by atoms with E-state index in [0.717, 1.165) is 19.4 Å². The van der Waals surface area contributed by atoms with E-state index in [-0.39, 0.29) is 5.78 Å². The van der Waals surface area contributed by atoms with Crippen LogP contribution in [0.5, 0.6) is 0 Å². The highest BCUT2D eigenvalue weighted by atomic mass is 16.5. The van der Waals surface area contributed by atoms with E-state index in [9.17, 15) is 4.79 Å². The SMILES string of the molecule is CC(=O)CCCCOCC=Cc1ccccc1. The topological polar surface area (TPSA) is 26.3 Å². The molecule has 1 aromatic rings. The second-order valence-electron chi connectivity index (χ2n) is 4.05. The van der Waals surface area contributed by atoms with E-state index in [2.05, 4.69) is 18.2 Å². The number of benzene rings is 1. The lowest BCUT2D eigenvalue weighted by molar-refractivity contribution is -0.117. The summed E-state index contributed by atoms with van der Waals surface area (Å²) in [7, 11) is 0. The zero-order valence-electron chi connectivity index (χ0n) is 10.4.